The fourth-order valence-electron chi connectivity index (χ4n) is 1.28. The maximum atomic E-state index is 12.6. The second kappa shape index (κ2) is 3.35. The highest BCUT2D eigenvalue weighted by molar-refractivity contribution is 5.95. The molecule has 1 aromatic rings. The van der Waals surface area contributed by atoms with E-state index in [1.54, 1.807) is 0 Å². The van der Waals surface area contributed by atoms with Gasteiger partial charge in [-0.2, -0.15) is 5.26 Å². The van der Waals surface area contributed by atoms with Crippen LogP contribution in [0.15, 0.2) is 24.3 Å². The highest BCUT2D eigenvalue weighted by atomic mass is 19.1. The van der Waals surface area contributed by atoms with E-state index in [-0.39, 0.29) is 11.7 Å². The van der Waals surface area contributed by atoms with Crippen molar-refractivity contribution in [1.29, 1.82) is 5.26 Å². The minimum absolute atomic E-state index is 0.325. The van der Waals surface area contributed by atoms with E-state index in [0.717, 1.165) is 0 Å². The quantitative estimate of drug-likeness (QED) is 0.795. The maximum absolute atomic E-state index is 12.6. The summed E-state index contributed by atoms with van der Waals surface area (Å²) in [6.07, 6.45) is 1.38. The highest BCUT2D eigenvalue weighted by Crippen LogP contribution is 2.34. The molecule has 15 heavy (non-hydrogen) atoms. The zero-order valence-electron chi connectivity index (χ0n) is 7.96. The molecule has 0 unspecified atom stereocenters. The molecule has 1 saturated carbocycles. The molecule has 0 radical (unpaired) electrons. The van der Waals surface area contributed by atoms with Crippen molar-refractivity contribution in [3.05, 3.63) is 35.6 Å². The predicted octanol–water partition coefficient (Wildman–Crippen LogP) is 1.61. The van der Waals surface area contributed by atoms with Crippen molar-refractivity contribution < 1.29 is 9.18 Å². The zero-order chi connectivity index (χ0) is 10.9. The van der Waals surface area contributed by atoms with E-state index in [0.29, 0.717) is 18.4 Å². The Labute approximate surface area is 86.5 Å². The number of nitrogens with one attached hydrogen (secondary N) is 1. The van der Waals surface area contributed by atoms with Crippen LogP contribution >= 0.6 is 0 Å². The number of nitrogens with zero attached hydrogens (tertiary/aromatic N) is 1. The Kier molecular flexibility index (Phi) is 2.16. The lowest BCUT2D eigenvalue weighted by atomic mass is 10.2. The van der Waals surface area contributed by atoms with Crippen LogP contribution in [0, 0.1) is 17.1 Å². The van der Waals surface area contributed by atoms with E-state index in [2.05, 4.69) is 11.4 Å². The van der Waals surface area contributed by atoms with E-state index in [4.69, 9.17) is 5.26 Å². The summed E-state index contributed by atoms with van der Waals surface area (Å²) in [6, 6.07) is 7.31. The van der Waals surface area contributed by atoms with Crippen LogP contribution in [0.1, 0.15) is 23.2 Å². The topological polar surface area (TPSA) is 52.9 Å². The first-order valence-corrected chi connectivity index (χ1v) is 4.65. The molecule has 3 nitrogen and oxygen atoms in total. The fourth-order valence-corrected chi connectivity index (χ4v) is 1.28. The Balaban J connectivity index is 2.09. The van der Waals surface area contributed by atoms with Crippen LogP contribution in [-0.2, 0) is 0 Å². The summed E-state index contributed by atoms with van der Waals surface area (Å²) in [5.74, 6) is -0.706. The van der Waals surface area contributed by atoms with Crippen molar-refractivity contribution >= 4 is 5.91 Å². The van der Waals surface area contributed by atoms with Crippen molar-refractivity contribution in [3.63, 3.8) is 0 Å². The number of hydrogen-bond donors (Lipinski definition) is 1. The summed E-state index contributed by atoms with van der Waals surface area (Å²) in [7, 11) is 0. The van der Waals surface area contributed by atoms with E-state index in [9.17, 15) is 9.18 Å². The average Bonchev–Trinajstić information content (AvgIpc) is 2.99. The van der Waals surface area contributed by atoms with Gasteiger partial charge in [0.1, 0.15) is 11.4 Å². The maximum Gasteiger partial charge on any atom is 0.252 e. The van der Waals surface area contributed by atoms with Crippen LogP contribution in [0.4, 0.5) is 4.39 Å². The minimum atomic E-state index is -0.675. The van der Waals surface area contributed by atoms with Crippen LogP contribution in [0.25, 0.3) is 0 Å². The lowest BCUT2D eigenvalue weighted by Gasteiger charge is -2.08. The standard InChI is InChI=1S/C11H9FN2O/c12-9-3-1-8(2-4-9)10(15)14-11(7-13)5-6-11/h1-4H,5-6H2,(H,14,15). The molecule has 0 atom stereocenters. The second-order valence-electron chi connectivity index (χ2n) is 3.65. The van der Waals surface area contributed by atoms with Gasteiger partial charge in [-0.3, -0.25) is 4.79 Å². The van der Waals surface area contributed by atoms with Crippen molar-refractivity contribution in [2.75, 3.05) is 0 Å². The Morgan fingerprint density at radius 1 is 1.40 bits per heavy atom. The third-order valence-electron chi connectivity index (χ3n) is 2.42. The monoisotopic (exact) mass is 204 g/mol. The summed E-state index contributed by atoms with van der Waals surface area (Å²) < 4.78 is 12.6. The molecule has 2 rings (SSSR count). The lowest BCUT2D eigenvalue weighted by molar-refractivity contribution is 0.0941. The largest absolute Gasteiger partial charge is 0.334 e. The van der Waals surface area contributed by atoms with Gasteiger partial charge in [0.05, 0.1) is 6.07 Å². The molecule has 1 fully saturated rings. The SMILES string of the molecule is N#CC1(NC(=O)c2ccc(F)cc2)CC1. The third kappa shape index (κ3) is 1.96. The molecule has 0 bridgehead atoms. The second-order valence-corrected chi connectivity index (χ2v) is 3.65. The highest BCUT2D eigenvalue weighted by Gasteiger charge is 2.44. The summed E-state index contributed by atoms with van der Waals surface area (Å²) in [5, 5.41) is 11.4. The van der Waals surface area contributed by atoms with Crippen molar-refractivity contribution in [3.8, 4) is 6.07 Å². The molecular weight excluding hydrogens is 195 g/mol. The van der Waals surface area contributed by atoms with Gasteiger partial charge in [0.25, 0.3) is 5.91 Å². The molecule has 76 valence electrons. The molecule has 1 aliphatic carbocycles. The van der Waals surface area contributed by atoms with Gasteiger partial charge in [0.15, 0.2) is 0 Å². The first-order valence-electron chi connectivity index (χ1n) is 4.65. The first-order chi connectivity index (χ1) is 7.15. The Hall–Kier alpha value is -1.89. The minimum Gasteiger partial charge on any atom is -0.334 e. The number of carbonyl (C=O) groups is 1. The Morgan fingerprint density at radius 2 is 2.00 bits per heavy atom. The zero-order valence-corrected chi connectivity index (χ0v) is 7.96. The summed E-state index contributed by atoms with van der Waals surface area (Å²) in [6.45, 7) is 0. The van der Waals surface area contributed by atoms with Crippen LogP contribution in [0.5, 0.6) is 0 Å². The number of halogens is 1. The molecule has 0 aromatic heterocycles. The van der Waals surface area contributed by atoms with Gasteiger partial charge in [-0.25, -0.2) is 4.39 Å². The number of nitriles is 1. The molecule has 0 heterocycles. The Bertz CT molecular complexity index is 429. The smallest absolute Gasteiger partial charge is 0.252 e. The van der Waals surface area contributed by atoms with Gasteiger partial charge in [0.2, 0.25) is 0 Å². The van der Waals surface area contributed by atoms with Gasteiger partial charge < -0.3 is 5.32 Å². The van der Waals surface area contributed by atoms with Gasteiger partial charge >= 0.3 is 0 Å². The van der Waals surface area contributed by atoms with Crippen LogP contribution in [0.2, 0.25) is 0 Å². The predicted molar refractivity (Wildman–Crippen MR) is 51.4 cm³/mol. The molecule has 1 amide bonds. The lowest BCUT2D eigenvalue weighted by Crippen LogP contribution is -2.35. The number of amides is 1. The fraction of sp³-hybridized carbons (Fsp3) is 0.273. The van der Waals surface area contributed by atoms with Gasteiger partial charge in [-0.1, -0.05) is 0 Å². The van der Waals surface area contributed by atoms with Gasteiger partial charge in [-0.15, -0.1) is 0 Å². The number of hydrogen-bond acceptors (Lipinski definition) is 2. The van der Waals surface area contributed by atoms with Crippen molar-refractivity contribution in [1.82, 2.24) is 5.32 Å². The third-order valence-corrected chi connectivity index (χ3v) is 2.42. The Morgan fingerprint density at radius 3 is 2.47 bits per heavy atom. The first kappa shape index (κ1) is 9.66. The van der Waals surface area contributed by atoms with Crippen molar-refractivity contribution in [2.45, 2.75) is 18.4 Å². The van der Waals surface area contributed by atoms with E-state index in [1.165, 1.54) is 24.3 Å². The molecule has 1 N–H and O–H groups in total. The number of carbonyl (C=O) groups excluding carboxylic acids is 1. The number of benzene rings is 1. The molecule has 1 aliphatic rings. The molecule has 0 aliphatic heterocycles. The summed E-state index contributed by atoms with van der Waals surface area (Å²) in [4.78, 5) is 11.6. The molecule has 4 heteroatoms. The van der Waals surface area contributed by atoms with Crippen molar-refractivity contribution in [2.24, 2.45) is 0 Å². The van der Waals surface area contributed by atoms with Crippen LogP contribution in [-0.4, -0.2) is 11.4 Å². The van der Waals surface area contributed by atoms with Crippen LogP contribution < -0.4 is 5.32 Å². The number of rotatable bonds is 2. The molecular formula is C11H9FN2O. The summed E-state index contributed by atoms with van der Waals surface area (Å²) in [5.41, 5.74) is -0.302. The summed E-state index contributed by atoms with van der Waals surface area (Å²) >= 11 is 0. The van der Waals surface area contributed by atoms with E-state index in [1.807, 2.05) is 0 Å². The molecule has 0 spiro atoms. The normalized spacial score (nSPS) is 16.5. The van der Waals surface area contributed by atoms with E-state index >= 15 is 0 Å². The molecule has 1 aromatic carbocycles. The van der Waals surface area contributed by atoms with Gasteiger partial charge in [-0.05, 0) is 37.1 Å². The molecule has 0 saturated heterocycles. The average molecular weight is 204 g/mol. The van der Waals surface area contributed by atoms with Gasteiger partial charge in [0, 0.05) is 5.56 Å². The van der Waals surface area contributed by atoms with E-state index < -0.39 is 5.54 Å². The van der Waals surface area contributed by atoms with Crippen LogP contribution in [0.3, 0.4) is 0 Å².